The number of rotatable bonds is 2. The van der Waals surface area contributed by atoms with E-state index in [1.807, 2.05) is 18.5 Å². The summed E-state index contributed by atoms with van der Waals surface area (Å²) in [4.78, 5) is 16.0. The summed E-state index contributed by atoms with van der Waals surface area (Å²) in [6.07, 6.45) is 1.61. The molecule has 0 saturated heterocycles. The van der Waals surface area contributed by atoms with E-state index in [4.69, 9.17) is 0 Å². The Balaban J connectivity index is 2.34. The van der Waals surface area contributed by atoms with Gasteiger partial charge in [0, 0.05) is 12.7 Å². The van der Waals surface area contributed by atoms with E-state index in [2.05, 4.69) is 37.3 Å². The van der Waals surface area contributed by atoms with Gasteiger partial charge >= 0.3 is 0 Å². The van der Waals surface area contributed by atoms with Gasteiger partial charge in [-0.3, -0.25) is 0 Å². The molecule has 2 N–H and O–H groups in total. The van der Waals surface area contributed by atoms with Gasteiger partial charge < -0.3 is 10.3 Å². The van der Waals surface area contributed by atoms with E-state index >= 15 is 0 Å². The molecule has 0 atom stereocenters. The van der Waals surface area contributed by atoms with E-state index in [1.54, 1.807) is 13.4 Å². The zero-order valence-corrected chi connectivity index (χ0v) is 11.3. The smallest absolute Gasteiger partial charge is 0.226 e. The number of aryl methyl sites for hydroxylation is 1. The van der Waals surface area contributed by atoms with Gasteiger partial charge in [0.1, 0.15) is 5.52 Å². The monoisotopic (exact) mass is 257 g/mol. The maximum absolute atomic E-state index is 4.54. The predicted octanol–water partition coefficient (Wildman–Crippen LogP) is 1.51. The third-order valence-corrected chi connectivity index (χ3v) is 3.34. The van der Waals surface area contributed by atoms with Crippen molar-refractivity contribution in [3.05, 3.63) is 23.3 Å². The minimum Gasteiger partial charge on any atom is -0.357 e. The Morgan fingerprint density at radius 2 is 2.00 bits per heavy atom. The number of hydrogen-bond acceptors (Lipinski definition) is 5. The molecule has 0 unspecified atom stereocenters. The number of fused-ring (bicyclic) bond motifs is 1. The first-order valence-corrected chi connectivity index (χ1v) is 6.04. The lowest BCUT2D eigenvalue weighted by atomic mass is 10.2. The van der Waals surface area contributed by atoms with Crippen LogP contribution in [0.4, 0.5) is 5.95 Å². The molecule has 0 amide bonds. The topological polar surface area (TPSA) is 84.3 Å². The lowest BCUT2D eigenvalue weighted by molar-refractivity contribution is 0.809. The second-order valence-electron chi connectivity index (χ2n) is 4.43. The Bertz CT molecular complexity index is 753. The summed E-state index contributed by atoms with van der Waals surface area (Å²) in [5, 5.41) is 7.48. The Morgan fingerprint density at radius 3 is 2.63 bits per heavy atom. The van der Waals surface area contributed by atoms with E-state index < -0.39 is 0 Å². The van der Waals surface area contributed by atoms with Crippen molar-refractivity contribution < 1.29 is 0 Å². The molecule has 3 aromatic heterocycles. The molecule has 7 heteroatoms. The van der Waals surface area contributed by atoms with Crippen molar-refractivity contribution in [3.63, 3.8) is 0 Å². The average Bonchev–Trinajstić information content (AvgIpc) is 2.98. The van der Waals surface area contributed by atoms with Crippen LogP contribution in [0.2, 0.25) is 0 Å². The molecule has 7 nitrogen and oxygen atoms in total. The number of imidazole rings is 1. The van der Waals surface area contributed by atoms with Gasteiger partial charge in [-0.05, 0) is 26.3 Å². The molecular weight excluding hydrogens is 242 g/mol. The van der Waals surface area contributed by atoms with Crippen LogP contribution in [0.1, 0.15) is 17.0 Å². The van der Waals surface area contributed by atoms with Gasteiger partial charge in [0.05, 0.1) is 12.0 Å². The number of aromatic nitrogens is 6. The Kier molecular flexibility index (Phi) is 2.48. The minimum atomic E-state index is 0.528. The summed E-state index contributed by atoms with van der Waals surface area (Å²) >= 11 is 0. The number of hydrogen-bond donors (Lipinski definition) is 2. The molecule has 3 rings (SSSR count). The van der Waals surface area contributed by atoms with Crippen LogP contribution >= 0.6 is 0 Å². The SMILES string of the molecule is CNc1nc(-n2nc(C)c(C)c2C)c2[nH]cnc2n1. The van der Waals surface area contributed by atoms with Crippen LogP contribution in [0.15, 0.2) is 6.33 Å². The van der Waals surface area contributed by atoms with Gasteiger partial charge in [-0.15, -0.1) is 0 Å². The first kappa shape index (κ1) is 11.6. The molecule has 0 radical (unpaired) electrons. The molecule has 19 heavy (non-hydrogen) atoms. The zero-order chi connectivity index (χ0) is 13.6. The van der Waals surface area contributed by atoms with Crippen molar-refractivity contribution in [2.45, 2.75) is 20.8 Å². The molecule has 0 fully saturated rings. The molecule has 0 saturated carbocycles. The summed E-state index contributed by atoms with van der Waals surface area (Å²) in [5.74, 6) is 1.24. The number of anilines is 1. The molecule has 3 heterocycles. The van der Waals surface area contributed by atoms with E-state index in [-0.39, 0.29) is 0 Å². The summed E-state index contributed by atoms with van der Waals surface area (Å²) in [6, 6.07) is 0. The van der Waals surface area contributed by atoms with Crippen molar-refractivity contribution in [1.29, 1.82) is 0 Å². The standard InChI is InChI=1S/C12H15N7/c1-6-7(2)18-19(8(6)3)11-9-10(15-5-14-9)16-12(13-4)17-11/h5H,1-4H3,(H2,13,14,15,16,17). The van der Waals surface area contributed by atoms with E-state index in [9.17, 15) is 0 Å². The molecule has 0 aliphatic carbocycles. The molecule has 0 bridgehead atoms. The highest BCUT2D eigenvalue weighted by atomic mass is 15.3. The molecule has 0 aromatic carbocycles. The predicted molar refractivity (Wildman–Crippen MR) is 72.6 cm³/mol. The largest absolute Gasteiger partial charge is 0.357 e. The Hall–Kier alpha value is -2.44. The van der Waals surface area contributed by atoms with Crippen molar-refractivity contribution >= 4 is 17.1 Å². The molecule has 0 aliphatic heterocycles. The van der Waals surface area contributed by atoms with Gasteiger partial charge in [-0.25, -0.2) is 9.67 Å². The molecular formula is C12H15N7. The fourth-order valence-electron chi connectivity index (χ4n) is 2.01. The number of aromatic amines is 1. The molecule has 0 spiro atoms. The van der Waals surface area contributed by atoms with Crippen molar-refractivity contribution in [2.24, 2.45) is 0 Å². The van der Waals surface area contributed by atoms with Crippen molar-refractivity contribution in [2.75, 3.05) is 12.4 Å². The highest BCUT2D eigenvalue weighted by Gasteiger charge is 2.16. The van der Waals surface area contributed by atoms with E-state index in [1.165, 1.54) is 0 Å². The lowest BCUT2D eigenvalue weighted by Crippen LogP contribution is -2.07. The maximum Gasteiger partial charge on any atom is 0.226 e. The Labute approximate surface area is 110 Å². The number of nitrogens with zero attached hydrogens (tertiary/aromatic N) is 5. The van der Waals surface area contributed by atoms with Crippen LogP contribution < -0.4 is 5.32 Å². The second kappa shape index (κ2) is 4.04. The first-order chi connectivity index (χ1) is 9.11. The van der Waals surface area contributed by atoms with Crippen molar-refractivity contribution in [1.82, 2.24) is 29.7 Å². The molecule has 3 aromatic rings. The summed E-state index contributed by atoms with van der Waals surface area (Å²) < 4.78 is 1.83. The summed E-state index contributed by atoms with van der Waals surface area (Å²) in [7, 11) is 1.78. The first-order valence-electron chi connectivity index (χ1n) is 6.04. The normalized spacial score (nSPS) is 11.2. The summed E-state index contributed by atoms with van der Waals surface area (Å²) in [5.41, 5.74) is 4.63. The van der Waals surface area contributed by atoms with E-state index in [0.717, 1.165) is 22.5 Å². The molecule has 0 aliphatic rings. The van der Waals surface area contributed by atoms with Crippen LogP contribution in [0.25, 0.3) is 17.0 Å². The van der Waals surface area contributed by atoms with Crippen LogP contribution in [0.5, 0.6) is 0 Å². The quantitative estimate of drug-likeness (QED) is 0.727. The summed E-state index contributed by atoms with van der Waals surface area (Å²) in [6.45, 7) is 6.07. The van der Waals surface area contributed by atoms with Gasteiger partial charge in [-0.2, -0.15) is 15.1 Å². The minimum absolute atomic E-state index is 0.528. The maximum atomic E-state index is 4.54. The number of H-pyrrole nitrogens is 1. The van der Waals surface area contributed by atoms with Crippen LogP contribution in [0, 0.1) is 20.8 Å². The highest BCUT2D eigenvalue weighted by molar-refractivity contribution is 5.79. The van der Waals surface area contributed by atoms with Crippen LogP contribution in [0.3, 0.4) is 0 Å². The van der Waals surface area contributed by atoms with Gasteiger partial charge in [0.15, 0.2) is 11.5 Å². The van der Waals surface area contributed by atoms with Crippen molar-refractivity contribution in [3.8, 4) is 5.82 Å². The third-order valence-electron chi connectivity index (χ3n) is 3.34. The Morgan fingerprint density at radius 1 is 1.21 bits per heavy atom. The fourth-order valence-corrected chi connectivity index (χ4v) is 2.01. The lowest BCUT2D eigenvalue weighted by Gasteiger charge is -2.06. The zero-order valence-electron chi connectivity index (χ0n) is 11.3. The van der Waals surface area contributed by atoms with Gasteiger partial charge in [-0.1, -0.05) is 0 Å². The highest BCUT2D eigenvalue weighted by Crippen LogP contribution is 2.21. The average molecular weight is 257 g/mol. The molecule has 98 valence electrons. The number of nitrogens with one attached hydrogen (secondary N) is 2. The van der Waals surface area contributed by atoms with Gasteiger partial charge in [0.2, 0.25) is 5.95 Å². The van der Waals surface area contributed by atoms with Crippen LogP contribution in [-0.2, 0) is 0 Å². The third kappa shape index (κ3) is 1.66. The van der Waals surface area contributed by atoms with Gasteiger partial charge in [0.25, 0.3) is 0 Å². The van der Waals surface area contributed by atoms with Crippen LogP contribution in [-0.4, -0.2) is 36.8 Å². The fraction of sp³-hybridized carbons (Fsp3) is 0.333. The second-order valence-corrected chi connectivity index (χ2v) is 4.43. The van der Waals surface area contributed by atoms with E-state index in [0.29, 0.717) is 17.4 Å².